The maximum Gasteiger partial charge on any atom is 0.233 e. The average Bonchev–Trinajstić information content (AvgIpc) is 2.48. The van der Waals surface area contributed by atoms with Crippen molar-refractivity contribution in [1.29, 1.82) is 0 Å². The van der Waals surface area contributed by atoms with E-state index in [2.05, 4.69) is 15.5 Å². The highest BCUT2D eigenvalue weighted by Gasteiger charge is 2.15. The van der Waals surface area contributed by atoms with Gasteiger partial charge in [-0.2, -0.15) is 0 Å². The van der Waals surface area contributed by atoms with E-state index in [1.54, 1.807) is 7.05 Å². The zero-order chi connectivity index (χ0) is 10.8. The summed E-state index contributed by atoms with van der Waals surface area (Å²) in [6, 6.07) is -0.0733. The van der Waals surface area contributed by atoms with Crippen molar-refractivity contribution in [1.82, 2.24) is 15.5 Å². The molecule has 0 aliphatic carbocycles. The van der Waals surface area contributed by atoms with Crippen LogP contribution in [0, 0.1) is 0 Å². The maximum absolute atomic E-state index is 10.9. The molecule has 0 aliphatic rings. The van der Waals surface area contributed by atoms with Crippen molar-refractivity contribution < 1.29 is 12.8 Å². The number of rotatable bonds is 4. The van der Waals surface area contributed by atoms with Gasteiger partial charge in [0.15, 0.2) is 9.84 Å². The van der Waals surface area contributed by atoms with Crippen LogP contribution in [0.5, 0.6) is 0 Å². The third-order valence-electron chi connectivity index (χ3n) is 1.67. The van der Waals surface area contributed by atoms with Gasteiger partial charge in [0.05, 0.1) is 6.04 Å². The molecule has 0 spiro atoms. The Morgan fingerprint density at radius 2 is 2.14 bits per heavy atom. The van der Waals surface area contributed by atoms with Crippen LogP contribution in [0.2, 0.25) is 0 Å². The predicted molar refractivity (Wildman–Crippen MR) is 50.3 cm³/mol. The third kappa shape index (κ3) is 3.08. The zero-order valence-corrected chi connectivity index (χ0v) is 9.13. The first-order chi connectivity index (χ1) is 6.42. The summed E-state index contributed by atoms with van der Waals surface area (Å²) in [5.41, 5.74) is 0. The van der Waals surface area contributed by atoms with Crippen molar-refractivity contribution in [2.24, 2.45) is 0 Å². The highest BCUT2D eigenvalue weighted by atomic mass is 32.2. The number of nitrogens with one attached hydrogen (secondary N) is 1. The van der Waals surface area contributed by atoms with Crippen molar-refractivity contribution in [2.45, 2.75) is 18.7 Å². The van der Waals surface area contributed by atoms with Gasteiger partial charge in [-0.05, 0) is 14.0 Å². The lowest BCUT2D eigenvalue weighted by Gasteiger charge is -2.01. The number of aromatic nitrogens is 2. The number of sulfone groups is 1. The lowest BCUT2D eigenvalue weighted by molar-refractivity contribution is 0.413. The van der Waals surface area contributed by atoms with E-state index in [1.807, 2.05) is 6.92 Å². The van der Waals surface area contributed by atoms with Crippen LogP contribution in [0.3, 0.4) is 0 Å². The Hall–Kier alpha value is -0.950. The first-order valence-corrected chi connectivity index (χ1v) is 6.15. The molecule has 1 N–H and O–H groups in total. The largest absolute Gasteiger partial charge is 0.422 e. The first kappa shape index (κ1) is 11.1. The van der Waals surface area contributed by atoms with Gasteiger partial charge >= 0.3 is 0 Å². The van der Waals surface area contributed by atoms with E-state index in [-0.39, 0.29) is 17.7 Å². The van der Waals surface area contributed by atoms with Crippen molar-refractivity contribution >= 4 is 9.84 Å². The van der Waals surface area contributed by atoms with Crippen LogP contribution in [0.15, 0.2) is 4.42 Å². The van der Waals surface area contributed by atoms with Gasteiger partial charge in [0.25, 0.3) is 0 Å². The second-order valence-corrected chi connectivity index (χ2v) is 5.25. The molecule has 0 fully saturated rings. The second-order valence-electron chi connectivity index (χ2n) is 3.11. The molecule has 1 atom stereocenters. The molecule has 7 heteroatoms. The lowest BCUT2D eigenvalue weighted by Crippen LogP contribution is -2.12. The van der Waals surface area contributed by atoms with Crippen molar-refractivity contribution in [3.63, 3.8) is 0 Å². The molecule has 1 rings (SSSR count). The van der Waals surface area contributed by atoms with E-state index in [4.69, 9.17) is 4.42 Å². The van der Waals surface area contributed by atoms with Crippen molar-refractivity contribution in [3.8, 4) is 0 Å². The van der Waals surface area contributed by atoms with E-state index >= 15 is 0 Å². The van der Waals surface area contributed by atoms with Crippen LogP contribution in [0.4, 0.5) is 0 Å². The molecule has 1 aromatic heterocycles. The minimum atomic E-state index is -3.11. The Kier molecular flexibility index (Phi) is 3.22. The van der Waals surface area contributed by atoms with E-state index in [0.29, 0.717) is 5.89 Å². The molecule has 0 bridgehead atoms. The first-order valence-electron chi connectivity index (χ1n) is 4.09. The van der Waals surface area contributed by atoms with Gasteiger partial charge in [-0.1, -0.05) is 0 Å². The monoisotopic (exact) mass is 219 g/mol. The SMILES string of the molecule is CNC(C)c1nnc(CS(C)(=O)=O)o1. The maximum atomic E-state index is 10.9. The van der Waals surface area contributed by atoms with Crippen LogP contribution in [-0.2, 0) is 15.6 Å². The number of hydrogen-bond donors (Lipinski definition) is 1. The minimum Gasteiger partial charge on any atom is -0.422 e. The van der Waals surface area contributed by atoms with Crippen LogP contribution in [0.1, 0.15) is 24.7 Å². The van der Waals surface area contributed by atoms with Gasteiger partial charge in [-0.3, -0.25) is 0 Å². The molecular formula is C7H13N3O3S. The summed E-state index contributed by atoms with van der Waals surface area (Å²) in [4.78, 5) is 0. The second kappa shape index (κ2) is 4.05. The highest BCUT2D eigenvalue weighted by molar-refractivity contribution is 7.89. The summed E-state index contributed by atoms with van der Waals surface area (Å²) in [6.07, 6.45) is 1.12. The molecule has 0 radical (unpaired) electrons. The Morgan fingerprint density at radius 1 is 1.50 bits per heavy atom. The summed E-state index contributed by atoms with van der Waals surface area (Å²) in [5, 5.41) is 10.3. The van der Waals surface area contributed by atoms with Gasteiger partial charge in [0, 0.05) is 6.26 Å². The molecule has 1 aromatic rings. The molecule has 14 heavy (non-hydrogen) atoms. The molecule has 6 nitrogen and oxygen atoms in total. The topological polar surface area (TPSA) is 85.1 Å². The fourth-order valence-corrected chi connectivity index (χ4v) is 1.41. The molecule has 0 saturated heterocycles. The lowest BCUT2D eigenvalue weighted by atomic mass is 10.3. The van der Waals surface area contributed by atoms with Crippen molar-refractivity contribution in [3.05, 3.63) is 11.8 Å². The quantitative estimate of drug-likeness (QED) is 0.760. The van der Waals surface area contributed by atoms with Crippen LogP contribution < -0.4 is 5.32 Å². The van der Waals surface area contributed by atoms with E-state index in [1.165, 1.54) is 0 Å². The van der Waals surface area contributed by atoms with Gasteiger partial charge in [-0.15, -0.1) is 10.2 Å². The third-order valence-corrected chi connectivity index (χ3v) is 2.44. The summed E-state index contributed by atoms with van der Waals surface area (Å²) < 4.78 is 27.0. The summed E-state index contributed by atoms with van der Waals surface area (Å²) in [5.74, 6) is 0.312. The van der Waals surface area contributed by atoms with Crippen LogP contribution >= 0.6 is 0 Å². The Morgan fingerprint density at radius 3 is 2.64 bits per heavy atom. The molecule has 0 aromatic carbocycles. The summed E-state index contributed by atoms with van der Waals surface area (Å²) in [6.45, 7) is 1.84. The van der Waals surface area contributed by atoms with Gasteiger partial charge in [-0.25, -0.2) is 8.42 Å². The Balaban J connectivity index is 2.79. The van der Waals surface area contributed by atoms with Crippen LogP contribution in [0.25, 0.3) is 0 Å². The Bertz CT molecular complexity index is 398. The molecule has 80 valence electrons. The normalized spacial score (nSPS) is 14.2. The molecule has 0 amide bonds. The van der Waals surface area contributed by atoms with E-state index < -0.39 is 9.84 Å². The minimum absolute atomic E-state index is 0.0733. The number of nitrogens with zero attached hydrogens (tertiary/aromatic N) is 2. The highest BCUT2D eigenvalue weighted by Crippen LogP contribution is 2.11. The van der Waals surface area contributed by atoms with Crippen LogP contribution in [-0.4, -0.2) is 31.9 Å². The molecule has 1 unspecified atom stereocenters. The molecule has 1 heterocycles. The van der Waals surface area contributed by atoms with Gasteiger partial charge in [0.2, 0.25) is 11.8 Å². The molecule has 0 aliphatic heterocycles. The Labute approximate surface area is 82.6 Å². The smallest absolute Gasteiger partial charge is 0.233 e. The fourth-order valence-electron chi connectivity index (χ4n) is 0.848. The standard InChI is InChI=1S/C7H13N3O3S/c1-5(8-2)7-10-9-6(13-7)4-14(3,11)12/h5,8H,4H2,1-3H3. The number of hydrogen-bond acceptors (Lipinski definition) is 6. The fraction of sp³-hybridized carbons (Fsp3) is 0.714. The van der Waals surface area contributed by atoms with Gasteiger partial charge < -0.3 is 9.73 Å². The van der Waals surface area contributed by atoms with Crippen molar-refractivity contribution in [2.75, 3.05) is 13.3 Å². The molecular weight excluding hydrogens is 206 g/mol. The van der Waals surface area contributed by atoms with E-state index in [0.717, 1.165) is 6.26 Å². The summed E-state index contributed by atoms with van der Waals surface area (Å²) >= 11 is 0. The molecule has 0 saturated carbocycles. The van der Waals surface area contributed by atoms with Gasteiger partial charge in [0.1, 0.15) is 5.75 Å². The summed E-state index contributed by atoms with van der Waals surface area (Å²) in [7, 11) is -1.36. The zero-order valence-electron chi connectivity index (χ0n) is 8.31. The van der Waals surface area contributed by atoms with E-state index in [9.17, 15) is 8.42 Å². The average molecular weight is 219 g/mol. The predicted octanol–water partition coefficient (Wildman–Crippen LogP) is -0.105.